The summed E-state index contributed by atoms with van der Waals surface area (Å²) < 4.78 is 39.2. The standard InChI is InChI=1S/C27H30ClF3N6O/c1-36(2)13-3-4-24(38)34-20-10-14-37(15-11-20)23-17-33-25(18-5-7-19(8-6-18)27(29,30)31)26(35-23)21-9-12-32-16-22(21)28/h5-9,12,16-17,20H,3-4,10-11,13-15H2,1-2H3,(H,34,38). The molecule has 0 spiro atoms. The minimum absolute atomic E-state index is 0.0700. The molecule has 1 aromatic carbocycles. The second-order valence-corrected chi connectivity index (χ2v) is 10.00. The van der Waals surface area contributed by atoms with Gasteiger partial charge in [-0.05, 0) is 58.1 Å². The number of nitrogens with zero attached hydrogens (tertiary/aromatic N) is 5. The monoisotopic (exact) mass is 546 g/mol. The van der Waals surface area contributed by atoms with Crippen molar-refractivity contribution in [2.45, 2.75) is 37.9 Å². The molecule has 0 radical (unpaired) electrons. The van der Waals surface area contributed by atoms with E-state index < -0.39 is 11.7 Å². The van der Waals surface area contributed by atoms with E-state index in [0.717, 1.165) is 37.9 Å². The number of piperidine rings is 1. The minimum atomic E-state index is -4.43. The molecule has 1 aliphatic rings. The van der Waals surface area contributed by atoms with Crippen molar-refractivity contribution in [3.63, 3.8) is 0 Å². The van der Waals surface area contributed by atoms with Gasteiger partial charge in [-0.15, -0.1) is 0 Å². The summed E-state index contributed by atoms with van der Waals surface area (Å²) in [5.74, 6) is 0.708. The van der Waals surface area contributed by atoms with Crippen LogP contribution in [-0.4, -0.2) is 65.5 Å². The van der Waals surface area contributed by atoms with Gasteiger partial charge in [-0.25, -0.2) is 4.98 Å². The van der Waals surface area contributed by atoms with E-state index in [2.05, 4.69) is 25.1 Å². The maximum Gasteiger partial charge on any atom is 0.416 e. The number of alkyl halides is 3. The summed E-state index contributed by atoms with van der Waals surface area (Å²) in [7, 11) is 3.97. The molecule has 38 heavy (non-hydrogen) atoms. The Kier molecular flexibility index (Phi) is 8.83. The molecule has 3 aromatic rings. The highest BCUT2D eigenvalue weighted by atomic mass is 35.5. The zero-order valence-electron chi connectivity index (χ0n) is 21.3. The molecule has 0 bridgehead atoms. The number of anilines is 1. The van der Waals surface area contributed by atoms with Gasteiger partial charge in [-0.1, -0.05) is 23.7 Å². The predicted octanol–water partition coefficient (Wildman–Crippen LogP) is 5.30. The molecule has 1 saturated heterocycles. The van der Waals surface area contributed by atoms with Crippen LogP contribution in [0.4, 0.5) is 19.0 Å². The molecule has 1 amide bonds. The molecule has 0 saturated carbocycles. The van der Waals surface area contributed by atoms with Gasteiger partial charge < -0.3 is 15.1 Å². The SMILES string of the molecule is CN(C)CCCC(=O)NC1CCN(c2cnc(-c3ccc(C(F)(F)F)cc3)c(-c3ccncc3Cl)n2)CC1. The molecule has 2 aromatic heterocycles. The summed E-state index contributed by atoms with van der Waals surface area (Å²) in [6.45, 7) is 2.23. The Bertz CT molecular complexity index is 1240. The second-order valence-electron chi connectivity index (χ2n) is 9.59. The van der Waals surface area contributed by atoms with Gasteiger partial charge in [0.1, 0.15) is 11.5 Å². The number of nitrogens with one attached hydrogen (secondary N) is 1. The smallest absolute Gasteiger partial charge is 0.355 e. The molecule has 1 N–H and O–H groups in total. The fraction of sp³-hybridized carbons (Fsp3) is 0.407. The number of carbonyl (C=O) groups is 1. The van der Waals surface area contributed by atoms with Crippen LogP contribution in [0.5, 0.6) is 0 Å². The van der Waals surface area contributed by atoms with E-state index in [1.54, 1.807) is 18.5 Å². The van der Waals surface area contributed by atoms with E-state index >= 15 is 0 Å². The second kappa shape index (κ2) is 12.1. The maximum absolute atomic E-state index is 13.1. The Hall–Kier alpha value is -3.24. The number of benzene rings is 1. The van der Waals surface area contributed by atoms with Crippen LogP contribution in [0.3, 0.4) is 0 Å². The van der Waals surface area contributed by atoms with Crippen LogP contribution in [-0.2, 0) is 11.0 Å². The zero-order chi connectivity index (χ0) is 27.3. The number of aromatic nitrogens is 3. The van der Waals surface area contributed by atoms with Crippen molar-refractivity contribution in [1.29, 1.82) is 0 Å². The summed E-state index contributed by atoms with van der Waals surface area (Å²) in [6, 6.07) is 6.65. The van der Waals surface area contributed by atoms with Gasteiger partial charge in [0, 0.05) is 49.1 Å². The number of hydrogen-bond donors (Lipinski definition) is 1. The van der Waals surface area contributed by atoms with Crippen molar-refractivity contribution in [2.24, 2.45) is 0 Å². The first-order chi connectivity index (χ1) is 18.1. The van der Waals surface area contributed by atoms with Crippen molar-refractivity contribution >= 4 is 23.3 Å². The average Bonchev–Trinajstić information content (AvgIpc) is 2.88. The van der Waals surface area contributed by atoms with Gasteiger partial charge in [0.05, 0.1) is 22.5 Å². The lowest BCUT2D eigenvalue weighted by Crippen LogP contribution is -2.45. The molecule has 1 fully saturated rings. The van der Waals surface area contributed by atoms with Crippen LogP contribution in [0.2, 0.25) is 5.02 Å². The fourth-order valence-corrected chi connectivity index (χ4v) is 4.63. The van der Waals surface area contributed by atoms with E-state index in [9.17, 15) is 18.0 Å². The molecule has 0 aliphatic carbocycles. The van der Waals surface area contributed by atoms with E-state index in [0.29, 0.717) is 52.9 Å². The first-order valence-corrected chi connectivity index (χ1v) is 12.8. The van der Waals surface area contributed by atoms with E-state index in [1.807, 2.05) is 14.1 Å². The third-order valence-electron chi connectivity index (χ3n) is 6.47. The summed E-state index contributed by atoms with van der Waals surface area (Å²) in [5, 5.41) is 3.49. The Morgan fingerprint density at radius 3 is 2.45 bits per heavy atom. The van der Waals surface area contributed by atoms with Crippen LogP contribution >= 0.6 is 11.6 Å². The molecule has 3 heterocycles. The first kappa shape index (κ1) is 27.8. The van der Waals surface area contributed by atoms with Crippen LogP contribution in [0.15, 0.2) is 48.9 Å². The summed E-state index contributed by atoms with van der Waals surface area (Å²) >= 11 is 6.43. The highest BCUT2D eigenvalue weighted by Crippen LogP contribution is 2.36. The summed E-state index contributed by atoms with van der Waals surface area (Å²) in [6.07, 6.45) is 3.15. The predicted molar refractivity (Wildman–Crippen MR) is 142 cm³/mol. The molecule has 7 nitrogen and oxygen atoms in total. The van der Waals surface area contributed by atoms with E-state index in [-0.39, 0.29) is 11.9 Å². The summed E-state index contributed by atoms with van der Waals surface area (Å²) in [5.41, 5.74) is 1.24. The quantitative estimate of drug-likeness (QED) is 0.413. The third-order valence-corrected chi connectivity index (χ3v) is 6.77. The number of halogens is 4. The van der Waals surface area contributed by atoms with E-state index in [4.69, 9.17) is 16.6 Å². The number of carbonyl (C=O) groups excluding carboxylic acids is 1. The number of rotatable bonds is 8. The fourth-order valence-electron chi connectivity index (χ4n) is 4.42. The molecule has 0 unspecified atom stereocenters. The van der Waals surface area contributed by atoms with Crippen LogP contribution < -0.4 is 10.2 Å². The third kappa shape index (κ3) is 6.99. The summed E-state index contributed by atoms with van der Waals surface area (Å²) in [4.78, 5) is 29.9. The van der Waals surface area contributed by atoms with E-state index in [1.165, 1.54) is 18.3 Å². The highest BCUT2D eigenvalue weighted by Gasteiger charge is 2.30. The number of amides is 1. The highest BCUT2D eigenvalue weighted by molar-refractivity contribution is 6.33. The zero-order valence-corrected chi connectivity index (χ0v) is 22.1. The minimum Gasteiger partial charge on any atom is -0.355 e. The van der Waals surface area contributed by atoms with Crippen molar-refractivity contribution < 1.29 is 18.0 Å². The van der Waals surface area contributed by atoms with Crippen LogP contribution in [0, 0.1) is 0 Å². The molecule has 4 rings (SSSR count). The Morgan fingerprint density at radius 1 is 1.11 bits per heavy atom. The lowest BCUT2D eigenvalue weighted by Gasteiger charge is -2.33. The Morgan fingerprint density at radius 2 is 1.82 bits per heavy atom. The van der Waals surface area contributed by atoms with Gasteiger partial charge >= 0.3 is 6.18 Å². The maximum atomic E-state index is 13.1. The molecule has 1 aliphatic heterocycles. The molecular formula is C27H30ClF3N6O. The first-order valence-electron chi connectivity index (χ1n) is 12.5. The average molecular weight is 547 g/mol. The van der Waals surface area contributed by atoms with Crippen molar-refractivity contribution in [3.05, 3.63) is 59.5 Å². The van der Waals surface area contributed by atoms with Gasteiger partial charge in [-0.3, -0.25) is 14.8 Å². The Labute approximate surface area is 225 Å². The number of pyridine rings is 1. The van der Waals surface area contributed by atoms with Crippen LogP contribution in [0.25, 0.3) is 22.5 Å². The molecule has 202 valence electrons. The van der Waals surface area contributed by atoms with Gasteiger partial charge in [0.25, 0.3) is 0 Å². The lowest BCUT2D eigenvalue weighted by molar-refractivity contribution is -0.137. The topological polar surface area (TPSA) is 74.2 Å². The largest absolute Gasteiger partial charge is 0.416 e. The van der Waals surface area contributed by atoms with Crippen molar-refractivity contribution in [1.82, 2.24) is 25.2 Å². The molecular weight excluding hydrogens is 517 g/mol. The van der Waals surface area contributed by atoms with Crippen LogP contribution in [0.1, 0.15) is 31.2 Å². The van der Waals surface area contributed by atoms with Gasteiger partial charge in [-0.2, -0.15) is 13.2 Å². The van der Waals surface area contributed by atoms with Gasteiger partial charge in [0.15, 0.2) is 0 Å². The normalized spacial score (nSPS) is 14.7. The van der Waals surface area contributed by atoms with Gasteiger partial charge in [0.2, 0.25) is 5.91 Å². The Balaban J connectivity index is 1.52. The lowest BCUT2D eigenvalue weighted by atomic mass is 10.0. The number of hydrogen-bond acceptors (Lipinski definition) is 6. The van der Waals surface area contributed by atoms with Crippen molar-refractivity contribution in [3.8, 4) is 22.5 Å². The van der Waals surface area contributed by atoms with Crippen molar-refractivity contribution in [2.75, 3.05) is 38.6 Å². The molecule has 0 atom stereocenters. The molecule has 11 heteroatoms.